The van der Waals surface area contributed by atoms with Crippen LogP contribution >= 0.6 is 0 Å². The zero-order valence-electron chi connectivity index (χ0n) is 11.7. The number of imidazole rings is 1. The Balaban J connectivity index is 2.15. The molecule has 0 aromatic carbocycles. The summed E-state index contributed by atoms with van der Waals surface area (Å²) in [6.07, 6.45) is 1.55. The fourth-order valence-corrected chi connectivity index (χ4v) is 2.61. The van der Waals surface area contributed by atoms with Gasteiger partial charge in [0.1, 0.15) is 11.1 Å². The summed E-state index contributed by atoms with van der Waals surface area (Å²) in [7, 11) is 1.81. The molecule has 3 heterocycles. The van der Waals surface area contributed by atoms with Crippen LogP contribution in [0.5, 0.6) is 0 Å². The Hall–Kier alpha value is -2.38. The van der Waals surface area contributed by atoms with Gasteiger partial charge in [0, 0.05) is 20.1 Å². The Kier molecular flexibility index (Phi) is 2.56. The van der Waals surface area contributed by atoms with Crippen molar-refractivity contribution < 1.29 is 4.79 Å². The van der Waals surface area contributed by atoms with Crippen molar-refractivity contribution in [2.45, 2.75) is 19.4 Å². The van der Waals surface area contributed by atoms with Gasteiger partial charge in [0.15, 0.2) is 11.5 Å². The molecule has 0 bridgehead atoms. The fraction of sp³-hybridized carbons (Fsp3) is 0.500. The molecule has 3 rings (SSSR count). The van der Waals surface area contributed by atoms with Crippen molar-refractivity contribution in [2.75, 3.05) is 30.8 Å². The predicted octanol–water partition coefficient (Wildman–Crippen LogP) is -0.00790. The number of nitrogens with one attached hydrogen (secondary N) is 1. The van der Waals surface area contributed by atoms with Gasteiger partial charge in [-0.3, -0.25) is 4.79 Å². The lowest BCUT2D eigenvalue weighted by Crippen LogP contribution is -2.62. The maximum absolute atomic E-state index is 12.4. The van der Waals surface area contributed by atoms with Gasteiger partial charge in [-0.15, -0.1) is 0 Å². The van der Waals surface area contributed by atoms with Crippen molar-refractivity contribution in [3.05, 3.63) is 6.33 Å². The van der Waals surface area contributed by atoms with Crippen LogP contribution in [0.2, 0.25) is 0 Å². The number of hydrogen-bond acceptors (Lipinski definition) is 6. The van der Waals surface area contributed by atoms with Crippen molar-refractivity contribution in [1.29, 1.82) is 0 Å². The van der Waals surface area contributed by atoms with E-state index in [-0.39, 0.29) is 11.9 Å². The number of aromatic nitrogens is 4. The summed E-state index contributed by atoms with van der Waals surface area (Å²) >= 11 is 0. The highest BCUT2D eigenvalue weighted by Gasteiger charge is 2.42. The first kappa shape index (κ1) is 12.6. The van der Waals surface area contributed by atoms with Gasteiger partial charge in [0.2, 0.25) is 11.9 Å². The number of anilines is 2. The van der Waals surface area contributed by atoms with E-state index in [9.17, 15) is 4.79 Å². The van der Waals surface area contributed by atoms with Crippen LogP contribution in [0, 0.1) is 0 Å². The second-order valence-electron chi connectivity index (χ2n) is 5.44. The fourth-order valence-electron chi connectivity index (χ4n) is 2.61. The zero-order chi connectivity index (χ0) is 14.5. The molecule has 1 amide bonds. The van der Waals surface area contributed by atoms with Crippen molar-refractivity contribution in [1.82, 2.24) is 24.8 Å². The van der Waals surface area contributed by atoms with E-state index in [4.69, 9.17) is 5.73 Å². The van der Waals surface area contributed by atoms with E-state index in [0.29, 0.717) is 30.1 Å². The van der Waals surface area contributed by atoms with Crippen LogP contribution in [0.1, 0.15) is 13.8 Å². The van der Waals surface area contributed by atoms with Gasteiger partial charge in [0.25, 0.3) is 0 Å². The third-order valence-corrected chi connectivity index (χ3v) is 3.74. The summed E-state index contributed by atoms with van der Waals surface area (Å²) in [5.74, 6) is 0.826. The molecule has 106 valence electrons. The molecule has 2 aromatic heterocycles. The topological polar surface area (TPSA) is 104 Å². The number of nitrogens with two attached hydrogens (primary N) is 1. The highest BCUT2D eigenvalue weighted by atomic mass is 16.2. The summed E-state index contributed by atoms with van der Waals surface area (Å²) in [4.78, 5) is 31.6. The summed E-state index contributed by atoms with van der Waals surface area (Å²) in [5.41, 5.74) is 6.26. The summed E-state index contributed by atoms with van der Waals surface area (Å²) < 4.78 is 0. The lowest BCUT2D eigenvalue weighted by atomic mass is 9.97. The molecule has 3 N–H and O–H groups in total. The lowest BCUT2D eigenvalue weighted by molar-refractivity contribution is -0.136. The Morgan fingerprint density at radius 1 is 1.35 bits per heavy atom. The van der Waals surface area contributed by atoms with Gasteiger partial charge >= 0.3 is 0 Å². The number of rotatable bonds is 1. The van der Waals surface area contributed by atoms with Gasteiger partial charge < -0.3 is 20.5 Å². The number of piperazine rings is 1. The number of fused-ring (bicyclic) bond motifs is 1. The van der Waals surface area contributed by atoms with Crippen molar-refractivity contribution >= 4 is 28.8 Å². The van der Waals surface area contributed by atoms with Crippen LogP contribution < -0.4 is 10.6 Å². The number of amides is 1. The molecule has 8 nitrogen and oxygen atoms in total. The third-order valence-electron chi connectivity index (χ3n) is 3.74. The quantitative estimate of drug-likeness (QED) is 0.758. The van der Waals surface area contributed by atoms with Gasteiger partial charge in [-0.05, 0) is 13.8 Å². The van der Waals surface area contributed by atoms with Crippen molar-refractivity contribution in [3.63, 3.8) is 0 Å². The Morgan fingerprint density at radius 2 is 2.10 bits per heavy atom. The molecule has 0 aliphatic carbocycles. The van der Waals surface area contributed by atoms with E-state index in [1.165, 1.54) is 0 Å². The minimum atomic E-state index is -0.689. The normalized spacial score (nSPS) is 18.9. The summed E-state index contributed by atoms with van der Waals surface area (Å²) in [6, 6.07) is 0. The number of likely N-dealkylation sites (N-methyl/N-ethyl adjacent to an activating group) is 1. The molecule has 1 saturated heterocycles. The molecule has 0 spiro atoms. The Morgan fingerprint density at radius 3 is 2.85 bits per heavy atom. The molecule has 0 unspecified atom stereocenters. The van der Waals surface area contributed by atoms with E-state index >= 15 is 0 Å². The summed E-state index contributed by atoms with van der Waals surface area (Å²) in [6.45, 7) is 5.08. The first-order chi connectivity index (χ1) is 9.41. The molecule has 8 heteroatoms. The van der Waals surface area contributed by atoms with Crippen molar-refractivity contribution in [3.8, 4) is 0 Å². The Bertz CT molecular complexity index is 677. The van der Waals surface area contributed by atoms with Gasteiger partial charge in [0.05, 0.1) is 6.33 Å². The molecule has 2 aromatic rings. The SMILES string of the molecule is CN1CCN(c2nc(N)nc3nc[nH]c23)C(C)(C)C1=O. The van der Waals surface area contributed by atoms with E-state index in [2.05, 4.69) is 19.9 Å². The maximum atomic E-state index is 12.4. The molecule has 1 aliphatic rings. The van der Waals surface area contributed by atoms with Gasteiger partial charge in [-0.25, -0.2) is 4.98 Å². The van der Waals surface area contributed by atoms with Crippen LogP contribution in [-0.4, -0.2) is 56.4 Å². The molecule has 1 aliphatic heterocycles. The van der Waals surface area contributed by atoms with Crippen LogP contribution in [0.25, 0.3) is 11.2 Å². The molecule has 20 heavy (non-hydrogen) atoms. The molecule has 0 saturated carbocycles. The highest BCUT2D eigenvalue weighted by Crippen LogP contribution is 2.31. The van der Waals surface area contributed by atoms with Crippen molar-refractivity contribution in [2.24, 2.45) is 0 Å². The number of hydrogen-bond donors (Lipinski definition) is 2. The Labute approximate surface area is 116 Å². The molecular formula is C12H17N7O. The monoisotopic (exact) mass is 275 g/mol. The zero-order valence-corrected chi connectivity index (χ0v) is 11.7. The van der Waals surface area contributed by atoms with Gasteiger partial charge in [-0.1, -0.05) is 0 Å². The number of carbonyl (C=O) groups excluding carboxylic acids is 1. The molecular weight excluding hydrogens is 258 g/mol. The van der Waals surface area contributed by atoms with Crippen LogP contribution in [0.3, 0.4) is 0 Å². The van der Waals surface area contributed by atoms with E-state index in [0.717, 1.165) is 0 Å². The first-order valence-corrected chi connectivity index (χ1v) is 6.41. The predicted molar refractivity (Wildman–Crippen MR) is 75.2 cm³/mol. The number of nitrogens with zero attached hydrogens (tertiary/aromatic N) is 5. The van der Waals surface area contributed by atoms with E-state index < -0.39 is 5.54 Å². The smallest absolute Gasteiger partial charge is 0.247 e. The van der Waals surface area contributed by atoms with Gasteiger partial charge in [-0.2, -0.15) is 9.97 Å². The number of carbonyl (C=O) groups is 1. The second-order valence-corrected chi connectivity index (χ2v) is 5.44. The minimum Gasteiger partial charge on any atom is -0.368 e. The molecule has 1 fully saturated rings. The first-order valence-electron chi connectivity index (χ1n) is 6.41. The van der Waals surface area contributed by atoms with Crippen LogP contribution in [0.4, 0.5) is 11.8 Å². The number of H-pyrrole nitrogens is 1. The summed E-state index contributed by atoms with van der Waals surface area (Å²) in [5, 5.41) is 0. The average molecular weight is 275 g/mol. The van der Waals surface area contributed by atoms with Crippen LogP contribution in [-0.2, 0) is 4.79 Å². The maximum Gasteiger partial charge on any atom is 0.247 e. The highest BCUT2D eigenvalue weighted by molar-refractivity contribution is 5.93. The molecule has 0 radical (unpaired) electrons. The molecule has 0 atom stereocenters. The van der Waals surface area contributed by atoms with E-state index in [1.54, 1.807) is 11.2 Å². The number of nitrogen functional groups attached to an aromatic ring is 1. The standard InChI is InChI=1S/C12H17N7O/c1-12(2)10(20)18(3)4-5-19(12)9-7-8(15-6-14-7)16-11(13)17-9/h6H,4-5H2,1-3H3,(H3,13,14,15,16,17). The van der Waals surface area contributed by atoms with E-state index in [1.807, 2.05) is 25.8 Å². The van der Waals surface area contributed by atoms with Crippen LogP contribution in [0.15, 0.2) is 6.33 Å². The number of aromatic amines is 1. The largest absolute Gasteiger partial charge is 0.368 e. The minimum absolute atomic E-state index is 0.0496. The third kappa shape index (κ3) is 1.68. The second kappa shape index (κ2) is 4.06. The average Bonchev–Trinajstić information content (AvgIpc) is 2.83. The lowest BCUT2D eigenvalue weighted by Gasteiger charge is -2.45.